The van der Waals surface area contributed by atoms with E-state index in [-0.39, 0.29) is 6.04 Å². The number of aromatic nitrogens is 3. The van der Waals surface area contributed by atoms with Crippen molar-refractivity contribution in [3.05, 3.63) is 54.2 Å². The Hall–Kier alpha value is -2.56. The maximum absolute atomic E-state index is 5.48. The van der Waals surface area contributed by atoms with Crippen LogP contribution in [0.5, 0.6) is 0 Å². The summed E-state index contributed by atoms with van der Waals surface area (Å²) in [7, 11) is 0. The Kier molecular flexibility index (Phi) is 3.73. The van der Waals surface area contributed by atoms with Crippen molar-refractivity contribution in [1.29, 1.82) is 0 Å². The average Bonchev–Trinajstić information content (AvgIpc) is 3.16. The van der Waals surface area contributed by atoms with Gasteiger partial charge in [-0.05, 0) is 37.6 Å². The molecule has 108 valence electrons. The zero-order valence-corrected chi connectivity index (χ0v) is 12.1. The number of aromatic amines is 1. The number of aryl methyl sites for hydroxylation is 1. The number of hydrogen-bond acceptors (Lipinski definition) is 4. The zero-order valence-electron chi connectivity index (χ0n) is 12.1. The molecule has 5 heteroatoms. The van der Waals surface area contributed by atoms with Gasteiger partial charge >= 0.3 is 0 Å². The van der Waals surface area contributed by atoms with Crippen LogP contribution in [-0.2, 0) is 0 Å². The molecule has 1 aromatic carbocycles. The van der Waals surface area contributed by atoms with Gasteiger partial charge in [0.25, 0.3) is 0 Å². The van der Waals surface area contributed by atoms with Gasteiger partial charge in [-0.3, -0.25) is 5.10 Å². The molecule has 0 spiro atoms. The minimum Gasteiger partial charge on any atom is -0.467 e. The monoisotopic (exact) mass is 282 g/mol. The molecule has 0 aliphatic carbocycles. The van der Waals surface area contributed by atoms with Crippen LogP contribution in [0.4, 0.5) is 5.69 Å². The molecule has 0 radical (unpaired) electrons. The molecule has 0 amide bonds. The number of nitrogens with one attached hydrogen (secondary N) is 2. The van der Waals surface area contributed by atoms with E-state index in [9.17, 15) is 0 Å². The van der Waals surface area contributed by atoms with Crippen LogP contribution in [0.15, 0.2) is 47.1 Å². The standard InChI is InChI=1S/C16H18N4O/c1-3-14(15-8-5-9-21-15)18-13-7-4-6-12(10-13)16-17-11(2)19-20-16/h4-10,14,18H,3H2,1-2H3,(H,17,19,20). The molecule has 1 atom stereocenters. The lowest BCUT2D eigenvalue weighted by molar-refractivity contribution is 0.474. The van der Waals surface area contributed by atoms with E-state index < -0.39 is 0 Å². The van der Waals surface area contributed by atoms with Gasteiger partial charge < -0.3 is 9.73 Å². The highest BCUT2D eigenvalue weighted by Gasteiger charge is 2.12. The van der Waals surface area contributed by atoms with E-state index in [1.165, 1.54) is 0 Å². The van der Waals surface area contributed by atoms with Gasteiger partial charge in [0.15, 0.2) is 5.82 Å². The van der Waals surface area contributed by atoms with Gasteiger partial charge in [0, 0.05) is 11.3 Å². The Bertz CT molecular complexity index is 703. The summed E-state index contributed by atoms with van der Waals surface area (Å²) in [5.41, 5.74) is 2.01. The largest absolute Gasteiger partial charge is 0.467 e. The van der Waals surface area contributed by atoms with E-state index in [0.29, 0.717) is 5.82 Å². The van der Waals surface area contributed by atoms with E-state index in [1.54, 1.807) is 6.26 Å². The molecule has 5 nitrogen and oxygen atoms in total. The molecule has 0 saturated carbocycles. The topological polar surface area (TPSA) is 66.7 Å². The van der Waals surface area contributed by atoms with Gasteiger partial charge in [-0.1, -0.05) is 19.1 Å². The van der Waals surface area contributed by atoms with Crippen molar-refractivity contribution < 1.29 is 4.42 Å². The molecule has 21 heavy (non-hydrogen) atoms. The minimum absolute atomic E-state index is 0.157. The molecule has 2 aromatic heterocycles. The summed E-state index contributed by atoms with van der Waals surface area (Å²) in [4.78, 5) is 4.36. The van der Waals surface area contributed by atoms with Gasteiger partial charge in [-0.2, -0.15) is 5.10 Å². The van der Waals surface area contributed by atoms with Crippen LogP contribution in [0.2, 0.25) is 0 Å². The van der Waals surface area contributed by atoms with Crippen LogP contribution in [-0.4, -0.2) is 15.2 Å². The Labute approximate surface area is 123 Å². The zero-order chi connectivity index (χ0) is 14.7. The van der Waals surface area contributed by atoms with Gasteiger partial charge in [0.05, 0.1) is 12.3 Å². The first-order chi connectivity index (χ1) is 10.3. The van der Waals surface area contributed by atoms with E-state index in [4.69, 9.17) is 4.42 Å². The van der Waals surface area contributed by atoms with Crippen LogP contribution in [0.1, 0.15) is 31.0 Å². The molecule has 3 aromatic rings. The summed E-state index contributed by atoms with van der Waals surface area (Å²) in [5, 5.41) is 10.5. The third-order valence-electron chi connectivity index (χ3n) is 3.35. The lowest BCUT2D eigenvalue weighted by Crippen LogP contribution is -2.08. The smallest absolute Gasteiger partial charge is 0.181 e. The maximum Gasteiger partial charge on any atom is 0.181 e. The molecule has 2 heterocycles. The Balaban J connectivity index is 1.83. The molecule has 0 aliphatic rings. The number of nitrogens with zero attached hydrogens (tertiary/aromatic N) is 2. The maximum atomic E-state index is 5.48. The van der Waals surface area contributed by atoms with E-state index in [2.05, 4.69) is 27.4 Å². The predicted molar refractivity (Wildman–Crippen MR) is 81.9 cm³/mol. The Morgan fingerprint density at radius 3 is 2.86 bits per heavy atom. The highest BCUT2D eigenvalue weighted by atomic mass is 16.3. The fourth-order valence-corrected chi connectivity index (χ4v) is 2.28. The quantitative estimate of drug-likeness (QED) is 0.744. The number of benzene rings is 1. The summed E-state index contributed by atoms with van der Waals surface area (Å²) < 4.78 is 5.48. The summed E-state index contributed by atoms with van der Waals surface area (Å²) in [6.07, 6.45) is 2.64. The number of rotatable bonds is 5. The van der Waals surface area contributed by atoms with Crippen molar-refractivity contribution in [1.82, 2.24) is 15.2 Å². The Morgan fingerprint density at radius 1 is 1.29 bits per heavy atom. The lowest BCUT2D eigenvalue weighted by atomic mass is 10.1. The highest BCUT2D eigenvalue weighted by Crippen LogP contribution is 2.25. The summed E-state index contributed by atoms with van der Waals surface area (Å²) in [6.45, 7) is 4.02. The van der Waals surface area contributed by atoms with Crippen LogP contribution in [0.3, 0.4) is 0 Å². The molecule has 3 rings (SSSR count). The minimum atomic E-state index is 0.157. The SMILES string of the molecule is CCC(Nc1cccc(-c2n[nH]c(C)n2)c1)c1ccco1. The summed E-state index contributed by atoms with van der Waals surface area (Å²) >= 11 is 0. The van der Waals surface area contributed by atoms with Crippen molar-refractivity contribution in [2.75, 3.05) is 5.32 Å². The van der Waals surface area contributed by atoms with Crippen molar-refractivity contribution in [3.63, 3.8) is 0 Å². The normalized spacial score (nSPS) is 12.3. The van der Waals surface area contributed by atoms with E-state index in [0.717, 1.165) is 29.3 Å². The summed E-state index contributed by atoms with van der Waals surface area (Å²) in [5.74, 6) is 2.46. The van der Waals surface area contributed by atoms with Crippen LogP contribution in [0.25, 0.3) is 11.4 Å². The highest BCUT2D eigenvalue weighted by molar-refractivity contribution is 5.62. The summed E-state index contributed by atoms with van der Waals surface area (Å²) in [6, 6.07) is 12.1. The van der Waals surface area contributed by atoms with Crippen molar-refractivity contribution in [2.45, 2.75) is 26.3 Å². The van der Waals surface area contributed by atoms with Crippen LogP contribution >= 0.6 is 0 Å². The first-order valence-electron chi connectivity index (χ1n) is 7.05. The van der Waals surface area contributed by atoms with Gasteiger partial charge in [-0.15, -0.1) is 0 Å². The van der Waals surface area contributed by atoms with Gasteiger partial charge in [0.1, 0.15) is 11.6 Å². The molecule has 2 N–H and O–H groups in total. The third-order valence-corrected chi connectivity index (χ3v) is 3.35. The number of hydrogen-bond donors (Lipinski definition) is 2. The second kappa shape index (κ2) is 5.83. The van der Waals surface area contributed by atoms with E-state index in [1.807, 2.05) is 43.3 Å². The molecular weight excluding hydrogens is 264 g/mol. The molecular formula is C16H18N4O. The Morgan fingerprint density at radius 2 is 2.19 bits per heavy atom. The first kappa shape index (κ1) is 13.4. The second-order valence-electron chi connectivity index (χ2n) is 4.95. The lowest BCUT2D eigenvalue weighted by Gasteiger charge is -2.16. The van der Waals surface area contributed by atoms with Crippen LogP contribution < -0.4 is 5.32 Å². The third kappa shape index (κ3) is 2.97. The molecule has 0 fully saturated rings. The second-order valence-corrected chi connectivity index (χ2v) is 4.95. The van der Waals surface area contributed by atoms with Gasteiger partial charge in [-0.25, -0.2) is 4.98 Å². The van der Waals surface area contributed by atoms with E-state index >= 15 is 0 Å². The number of anilines is 1. The molecule has 0 saturated heterocycles. The molecule has 1 unspecified atom stereocenters. The predicted octanol–water partition coefficient (Wildman–Crippen LogP) is 3.94. The van der Waals surface area contributed by atoms with Crippen molar-refractivity contribution >= 4 is 5.69 Å². The number of H-pyrrole nitrogens is 1. The average molecular weight is 282 g/mol. The molecule has 0 bridgehead atoms. The van der Waals surface area contributed by atoms with Gasteiger partial charge in [0.2, 0.25) is 0 Å². The van der Waals surface area contributed by atoms with Crippen molar-refractivity contribution in [3.8, 4) is 11.4 Å². The fourth-order valence-electron chi connectivity index (χ4n) is 2.28. The number of furan rings is 1. The molecule has 0 aliphatic heterocycles. The first-order valence-corrected chi connectivity index (χ1v) is 7.05. The fraction of sp³-hybridized carbons (Fsp3) is 0.250. The van der Waals surface area contributed by atoms with Crippen LogP contribution in [0, 0.1) is 6.92 Å². The van der Waals surface area contributed by atoms with Crippen molar-refractivity contribution in [2.24, 2.45) is 0 Å².